The topological polar surface area (TPSA) is 55.1 Å². The Balaban J connectivity index is 1.71. The summed E-state index contributed by atoms with van der Waals surface area (Å²) in [5.41, 5.74) is 2.47. The summed E-state index contributed by atoms with van der Waals surface area (Å²) < 4.78 is 2.25. The van der Waals surface area contributed by atoms with Crippen molar-refractivity contribution in [3.63, 3.8) is 0 Å². The van der Waals surface area contributed by atoms with E-state index in [0.29, 0.717) is 12.0 Å². The molecule has 2 aromatic rings. The molecule has 3 heterocycles. The molecule has 104 valence electrons. The van der Waals surface area contributed by atoms with Crippen molar-refractivity contribution in [2.45, 2.75) is 31.7 Å². The molecule has 0 amide bonds. The molecule has 20 heavy (non-hydrogen) atoms. The van der Waals surface area contributed by atoms with Gasteiger partial charge in [0.25, 0.3) is 0 Å². The second kappa shape index (κ2) is 4.45. The Labute approximate surface area is 121 Å². The average molecular weight is 288 g/mol. The van der Waals surface area contributed by atoms with E-state index in [4.69, 9.17) is 0 Å². The lowest BCUT2D eigenvalue weighted by Gasteiger charge is -2.31. The summed E-state index contributed by atoms with van der Waals surface area (Å²) in [5, 5.41) is 11.4. The van der Waals surface area contributed by atoms with Gasteiger partial charge < -0.3 is 9.67 Å². The zero-order valence-electron chi connectivity index (χ0n) is 11.0. The van der Waals surface area contributed by atoms with Crippen molar-refractivity contribution >= 4 is 17.3 Å². The van der Waals surface area contributed by atoms with Crippen molar-refractivity contribution in [1.82, 2.24) is 9.55 Å². The zero-order chi connectivity index (χ0) is 13.7. The number of carboxylic acid groups (broad SMARTS) is 1. The molecule has 4 nitrogen and oxygen atoms in total. The summed E-state index contributed by atoms with van der Waals surface area (Å²) in [6.45, 7) is 0. The van der Waals surface area contributed by atoms with Crippen molar-refractivity contribution in [1.29, 1.82) is 0 Å². The summed E-state index contributed by atoms with van der Waals surface area (Å²) in [5.74, 6) is -0.396. The van der Waals surface area contributed by atoms with Crippen LogP contribution in [0.5, 0.6) is 0 Å². The van der Waals surface area contributed by atoms with E-state index in [1.165, 1.54) is 16.1 Å². The quantitative estimate of drug-likeness (QED) is 0.921. The molecule has 2 aliphatic rings. The van der Waals surface area contributed by atoms with Crippen molar-refractivity contribution in [3.8, 4) is 11.3 Å². The van der Waals surface area contributed by atoms with Crippen LogP contribution in [0, 0.1) is 11.8 Å². The minimum Gasteiger partial charge on any atom is -0.481 e. The fourth-order valence-electron chi connectivity index (χ4n) is 3.80. The highest BCUT2D eigenvalue weighted by molar-refractivity contribution is 7.10. The summed E-state index contributed by atoms with van der Waals surface area (Å²) in [7, 11) is 0. The van der Waals surface area contributed by atoms with Gasteiger partial charge in [-0.05, 0) is 36.6 Å². The van der Waals surface area contributed by atoms with E-state index >= 15 is 0 Å². The number of aromatic nitrogens is 2. The lowest BCUT2D eigenvalue weighted by atomic mass is 9.77. The third-order valence-electron chi connectivity index (χ3n) is 4.72. The lowest BCUT2D eigenvalue weighted by Crippen LogP contribution is -2.27. The van der Waals surface area contributed by atoms with E-state index < -0.39 is 5.97 Å². The molecule has 1 N–H and O–H groups in total. The number of aliphatic carboxylic acids is 1. The average Bonchev–Trinajstić information content (AvgIpc) is 3.10. The Hall–Kier alpha value is -1.62. The molecule has 2 aromatic heterocycles. The van der Waals surface area contributed by atoms with Gasteiger partial charge in [0.05, 0.1) is 30.2 Å². The number of fused-ring (bicyclic) bond motifs is 3. The highest BCUT2D eigenvalue weighted by Gasteiger charge is 2.39. The number of nitrogens with zero attached hydrogens (tertiary/aromatic N) is 2. The Morgan fingerprint density at radius 3 is 3.20 bits per heavy atom. The zero-order valence-corrected chi connectivity index (χ0v) is 11.8. The number of rotatable bonds is 2. The van der Waals surface area contributed by atoms with Gasteiger partial charge in [-0.1, -0.05) is 6.42 Å². The predicted molar refractivity (Wildman–Crippen MR) is 76.8 cm³/mol. The van der Waals surface area contributed by atoms with E-state index in [9.17, 15) is 9.90 Å². The summed E-state index contributed by atoms with van der Waals surface area (Å²) >= 11 is 1.79. The molecule has 1 unspecified atom stereocenters. The smallest absolute Gasteiger partial charge is 0.306 e. The monoisotopic (exact) mass is 288 g/mol. The lowest BCUT2D eigenvalue weighted by molar-refractivity contribution is -0.143. The molecule has 3 atom stereocenters. The molecular formula is C15H16N2O2S. The van der Waals surface area contributed by atoms with Crippen LogP contribution in [0.2, 0.25) is 0 Å². The Morgan fingerprint density at radius 2 is 2.35 bits per heavy atom. The van der Waals surface area contributed by atoms with Crippen LogP contribution in [-0.4, -0.2) is 20.6 Å². The summed E-state index contributed by atoms with van der Waals surface area (Å²) in [4.78, 5) is 16.9. The van der Waals surface area contributed by atoms with Gasteiger partial charge in [-0.3, -0.25) is 4.79 Å². The minimum atomic E-state index is -0.634. The number of carbonyl (C=O) groups is 1. The van der Waals surface area contributed by atoms with Gasteiger partial charge in [-0.25, -0.2) is 4.98 Å². The maximum Gasteiger partial charge on any atom is 0.306 e. The molecule has 0 bridgehead atoms. The van der Waals surface area contributed by atoms with Gasteiger partial charge in [0, 0.05) is 10.4 Å². The number of imidazole rings is 1. The first-order chi connectivity index (χ1) is 9.75. The fraction of sp³-hybridized carbons (Fsp3) is 0.467. The van der Waals surface area contributed by atoms with E-state index in [1.807, 2.05) is 12.5 Å². The van der Waals surface area contributed by atoms with Gasteiger partial charge in [0.2, 0.25) is 0 Å². The van der Waals surface area contributed by atoms with Crippen LogP contribution in [0.25, 0.3) is 11.3 Å². The molecule has 0 spiro atoms. The van der Waals surface area contributed by atoms with E-state index in [1.54, 1.807) is 11.3 Å². The maximum absolute atomic E-state index is 11.3. The van der Waals surface area contributed by atoms with Crippen molar-refractivity contribution in [2.75, 3.05) is 0 Å². The molecule has 1 fully saturated rings. The van der Waals surface area contributed by atoms with E-state index in [0.717, 1.165) is 25.7 Å². The minimum absolute atomic E-state index is 0.176. The Morgan fingerprint density at radius 1 is 1.45 bits per heavy atom. The van der Waals surface area contributed by atoms with Gasteiger partial charge in [-0.15, -0.1) is 11.3 Å². The normalized spacial score (nSPS) is 28.1. The van der Waals surface area contributed by atoms with Crippen LogP contribution in [0.3, 0.4) is 0 Å². The molecule has 5 heteroatoms. The molecule has 1 aliphatic carbocycles. The standard InChI is InChI=1S/C15H16N2O2S/c18-15(19)10-3-1-2-9(6-10)13-14-11(4-5-20-14)12-7-16-8-17(12)13/h4-5,7-10,13H,1-3,6H2,(H,18,19)/t9?,10-,13+/m1/s1. The second-order valence-corrected chi connectivity index (χ2v) is 6.74. The molecule has 0 radical (unpaired) electrons. The summed E-state index contributed by atoms with van der Waals surface area (Å²) in [6, 6.07) is 2.45. The number of carboxylic acids is 1. The highest BCUT2D eigenvalue weighted by Crippen LogP contribution is 2.49. The third kappa shape index (κ3) is 1.66. The molecule has 0 saturated heterocycles. The first-order valence-electron chi connectivity index (χ1n) is 7.08. The van der Waals surface area contributed by atoms with Crippen LogP contribution < -0.4 is 0 Å². The van der Waals surface area contributed by atoms with Crippen LogP contribution in [-0.2, 0) is 4.79 Å². The van der Waals surface area contributed by atoms with Crippen molar-refractivity contribution < 1.29 is 9.90 Å². The largest absolute Gasteiger partial charge is 0.481 e. The van der Waals surface area contributed by atoms with Gasteiger partial charge in [-0.2, -0.15) is 0 Å². The highest BCUT2D eigenvalue weighted by atomic mass is 32.1. The van der Waals surface area contributed by atoms with Crippen molar-refractivity contribution in [3.05, 3.63) is 28.8 Å². The molecular weight excluding hydrogens is 272 g/mol. The first-order valence-corrected chi connectivity index (χ1v) is 7.96. The predicted octanol–water partition coefficient (Wildman–Crippen LogP) is 3.41. The van der Waals surface area contributed by atoms with Crippen molar-refractivity contribution in [2.24, 2.45) is 11.8 Å². The second-order valence-electron chi connectivity index (χ2n) is 5.79. The van der Waals surface area contributed by atoms with Crippen LogP contribution in [0.4, 0.5) is 0 Å². The molecule has 4 rings (SSSR count). The van der Waals surface area contributed by atoms with E-state index in [-0.39, 0.29) is 5.92 Å². The first kappa shape index (κ1) is 12.1. The fourth-order valence-corrected chi connectivity index (χ4v) is 4.90. The number of hydrogen-bond acceptors (Lipinski definition) is 3. The van der Waals surface area contributed by atoms with Gasteiger partial charge in [0.1, 0.15) is 0 Å². The molecule has 0 aromatic carbocycles. The van der Waals surface area contributed by atoms with Gasteiger partial charge >= 0.3 is 5.97 Å². The Kier molecular flexibility index (Phi) is 2.70. The Bertz CT molecular complexity index is 620. The van der Waals surface area contributed by atoms with Crippen LogP contribution in [0.1, 0.15) is 36.6 Å². The van der Waals surface area contributed by atoms with Crippen LogP contribution >= 0.6 is 11.3 Å². The molecule has 1 saturated carbocycles. The maximum atomic E-state index is 11.3. The third-order valence-corrected chi connectivity index (χ3v) is 5.70. The SMILES string of the molecule is O=C(O)[C@@H]1CCCC([C@H]2c3sccc3-c3cncn32)C1. The van der Waals surface area contributed by atoms with Crippen LogP contribution in [0.15, 0.2) is 24.0 Å². The van der Waals surface area contributed by atoms with Gasteiger partial charge in [0.15, 0.2) is 0 Å². The molecule has 1 aliphatic heterocycles. The van der Waals surface area contributed by atoms with E-state index in [2.05, 4.69) is 21.0 Å². The number of hydrogen-bond donors (Lipinski definition) is 1. The number of thiophene rings is 1. The summed E-state index contributed by atoms with van der Waals surface area (Å²) in [6.07, 6.45) is 7.56.